The predicted octanol–water partition coefficient (Wildman–Crippen LogP) is 3.39. The van der Waals surface area contributed by atoms with Gasteiger partial charge in [0.05, 0.1) is 10.6 Å². The lowest BCUT2D eigenvalue weighted by Gasteiger charge is -2.11. The van der Waals surface area contributed by atoms with Crippen molar-refractivity contribution in [3.8, 4) is 10.6 Å². The molecule has 2 aromatic rings. The van der Waals surface area contributed by atoms with Gasteiger partial charge in [-0.1, -0.05) is 12.2 Å². The van der Waals surface area contributed by atoms with Crippen molar-refractivity contribution in [2.45, 2.75) is 18.8 Å². The van der Waals surface area contributed by atoms with Gasteiger partial charge in [0.15, 0.2) is 0 Å². The third-order valence-electron chi connectivity index (χ3n) is 3.47. The highest BCUT2D eigenvalue weighted by Crippen LogP contribution is 2.44. The molecule has 20 heavy (non-hydrogen) atoms. The molecule has 2 N–H and O–H groups in total. The number of hydrogen-bond donors (Lipinski definition) is 1. The molecule has 0 spiro atoms. The van der Waals surface area contributed by atoms with Gasteiger partial charge in [-0.25, -0.2) is 4.98 Å². The highest BCUT2D eigenvalue weighted by Gasteiger charge is 2.30. The zero-order chi connectivity index (χ0) is 14.3. The van der Waals surface area contributed by atoms with Crippen LogP contribution in [0, 0.1) is 0 Å². The van der Waals surface area contributed by atoms with Gasteiger partial charge in [-0.15, -0.1) is 11.3 Å². The molecule has 3 rings (SSSR count). The van der Waals surface area contributed by atoms with E-state index in [4.69, 9.17) is 22.9 Å². The van der Waals surface area contributed by atoms with Crippen molar-refractivity contribution in [2.75, 3.05) is 19.0 Å². The summed E-state index contributed by atoms with van der Waals surface area (Å²) in [5.41, 5.74) is 9.25. The van der Waals surface area contributed by atoms with Crippen molar-refractivity contribution in [1.29, 1.82) is 0 Å². The van der Waals surface area contributed by atoms with Crippen molar-refractivity contribution in [3.05, 3.63) is 34.8 Å². The normalized spacial score (nSPS) is 14.3. The van der Waals surface area contributed by atoms with E-state index < -0.39 is 0 Å². The van der Waals surface area contributed by atoms with Crippen LogP contribution in [0.3, 0.4) is 0 Å². The number of hydrogen-bond acceptors (Lipinski definition) is 4. The summed E-state index contributed by atoms with van der Waals surface area (Å²) in [5, 5.41) is 1.01. The third kappa shape index (κ3) is 2.55. The maximum Gasteiger partial charge on any atom is 0.124 e. The summed E-state index contributed by atoms with van der Waals surface area (Å²) in [6, 6.07) is 8.42. The van der Waals surface area contributed by atoms with E-state index in [-0.39, 0.29) is 0 Å². The second-order valence-corrected chi connectivity index (χ2v) is 6.75. The molecular weight excluding hydrogens is 286 g/mol. The van der Waals surface area contributed by atoms with Gasteiger partial charge in [0.1, 0.15) is 10.00 Å². The summed E-state index contributed by atoms with van der Waals surface area (Å²) < 4.78 is 0. The maximum atomic E-state index is 5.83. The lowest BCUT2D eigenvalue weighted by molar-refractivity contribution is 1.05. The van der Waals surface area contributed by atoms with Crippen molar-refractivity contribution in [2.24, 2.45) is 5.73 Å². The van der Waals surface area contributed by atoms with Crippen LogP contribution in [0.15, 0.2) is 24.3 Å². The topological polar surface area (TPSA) is 42.2 Å². The van der Waals surface area contributed by atoms with Crippen LogP contribution in [-0.2, 0) is 0 Å². The first-order valence-corrected chi connectivity index (χ1v) is 7.87. The molecule has 1 fully saturated rings. The van der Waals surface area contributed by atoms with E-state index in [1.165, 1.54) is 18.5 Å². The van der Waals surface area contributed by atoms with Crippen LogP contribution < -0.4 is 10.6 Å². The van der Waals surface area contributed by atoms with Crippen molar-refractivity contribution < 1.29 is 0 Å². The predicted molar refractivity (Wildman–Crippen MR) is 89.7 cm³/mol. The largest absolute Gasteiger partial charge is 0.389 e. The molecule has 0 bridgehead atoms. The number of thiazole rings is 1. The SMILES string of the molecule is CN(C)c1ccc(-c2nc(C3CC3)c(C(N)=S)s2)cc1. The molecule has 5 heteroatoms. The van der Waals surface area contributed by atoms with E-state index in [0.717, 1.165) is 21.1 Å². The lowest BCUT2D eigenvalue weighted by Crippen LogP contribution is -2.09. The quantitative estimate of drug-likeness (QED) is 0.879. The van der Waals surface area contributed by atoms with Gasteiger partial charge in [-0.05, 0) is 37.1 Å². The number of nitrogens with two attached hydrogens (primary N) is 1. The maximum absolute atomic E-state index is 5.83. The molecule has 0 atom stereocenters. The van der Waals surface area contributed by atoms with Gasteiger partial charge >= 0.3 is 0 Å². The fourth-order valence-electron chi connectivity index (χ4n) is 2.17. The molecule has 3 nitrogen and oxygen atoms in total. The van der Waals surface area contributed by atoms with Gasteiger partial charge in [0.2, 0.25) is 0 Å². The monoisotopic (exact) mass is 303 g/mol. The summed E-state index contributed by atoms with van der Waals surface area (Å²) in [6.07, 6.45) is 2.41. The van der Waals surface area contributed by atoms with Crippen molar-refractivity contribution >= 4 is 34.2 Å². The first-order valence-electron chi connectivity index (χ1n) is 6.64. The molecule has 0 amide bonds. The zero-order valence-electron chi connectivity index (χ0n) is 11.6. The Morgan fingerprint density at radius 3 is 2.45 bits per heavy atom. The standard InChI is InChI=1S/C15H17N3S2/c1-18(2)11-7-5-10(6-8-11)15-17-12(9-3-4-9)13(20-15)14(16)19/h5-9H,3-4H2,1-2H3,(H2,16,19). The Morgan fingerprint density at radius 2 is 1.95 bits per heavy atom. The van der Waals surface area contributed by atoms with Gasteiger partial charge in [-0.3, -0.25) is 0 Å². The minimum absolute atomic E-state index is 0.473. The van der Waals surface area contributed by atoms with E-state index in [1.54, 1.807) is 11.3 Å². The van der Waals surface area contributed by atoms with E-state index in [0.29, 0.717) is 10.9 Å². The van der Waals surface area contributed by atoms with Gasteiger partial charge in [0.25, 0.3) is 0 Å². The van der Waals surface area contributed by atoms with Gasteiger partial charge in [0, 0.05) is 31.3 Å². The molecule has 1 aromatic carbocycles. The highest BCUT2D eigenvalue weighted by molar-refractivity contribution is 7.81. The average molecular weight is 303 g/mol. The second-order valence-electron chi connectivity index (χ2n) is 5.31. The van der Waals surface area contributed by atoms with E-state index >= 15 is 0 Å². The molecule has 0 unspecified atom stereocenters. The minimum atomic E-state index is 0.473. The molecule has 1 aliphatic rings. The fourth-order valence-corrected chi connectivity index (χ4v) is 3.41. The molecular formula is C15H17N3S2. The molecule has 0 aliphatic heterocycles. The van der Waals surface area contributed by atoms with Gasteiger partial charge < -0.3 is 10.6 Å². The fraction of sp³-hybridized carbons (Fsp3) is 0.333. The number of benzene rings is 1. The molecule has 104 valence electrons. The van der Waals surface area contributed by atoms with E-state index in [2.05, 4.69) is 29.2 Å². The van der Waals surface area contributed by atoms with Crippen LogP contribution in [0.2, 0.25) is 0 Å². The van der Waals surface area contributed by atoms with Crippen LogP contribution >= 0.6 is 23.6 Å². The van der Waals surface area contributed by atoms with E-state index in [1.807, 2.05) is 14.1 Å². The second kappa shape index (κ2) is 5.14. The molecule has 1 heterocycles. The van der Waals surface area contributed by atoms with Crippen LogP contribution in [-0.4, -0.2) is 24.1 Å². The summed E-state index contributed by atoms with van der Waals surface area (Å²) in [4.78, 5) is 8.33. The zero-order valence-corrected chi connectivity index (χ0v) is 13.2. The van der Waals surface area contributed by atoms with Gasteiger partial charge in [-0.2, -0.15) is 0 Å². The first-order chi connectivity index (χ1) is 9.56. The summed E-state index contributed by atoms with van der Waals surface area (Å²) in [7, 11) is 4.07. The molecule has 0 saturated heterocycles. The first kappa shape index (κ1) is 13.5. The number of nitrogens with zero attached hydrogens (tertiary/aromatic N) is 2. The summed E-state index contributed by atoms with van der Waals surface area (Å²) >= 11 is 6.77. The number of rotatable bonds is 4. The average Bonchev–Trinajstić information content (AvgIpc) is 3.17. The minimum Gasteiger partial charge on any atom is -0.389 e. The number of aromatic nitrogens is 1. The molecule has 1 aliphatic carbocycles. The molecule has 1 aromatic heterocycles. The lowest BCUT2D eigenvalue weighted by atomic mass is 10.2. The Kier molecular flexibility index (Phi) is 3.48. The Labute approximate surface area is 128 Å². The molecule has 0 radical (unpaired) electrons. The van der Waals surface area contributed by atoms with Crippen molar-refractivity contribution in [1.82, 2.24) is 4.98 Å². The van der Waals surface area contributed by atoms with Crippen molar-refractivity contribution in [3.63, 3.8) is 0 Å². The van der Waals surface area contributed by atoms with E-state index in [9.17, 15) is 0 Å². The van der Waals surface area contributed by atoms with Crippen LogP contribution in [0.1, 0.15) is 29.3 Å². The Balaban J connectivity index is 1.97. The Hall–Kier alpha value is -1.46. The smallest absolute Gasteiger partial charge is 0.124 e. The number of thiocarbonyl (C=S) groups is 1. The highest BCUT2D eigenvalue weighted by atomic mass is 32.1. The number of anilines is 1. The van der Waals surface area contributed by atoms with Crippen LogP contribution in [0.25, 0.3) is 10.6 Å². The summed E-state index contributed by atoms with van der Waals surface area (Å²) in [6.45, 7) is 0. The third-order valence-corrected chi connectivity index (χ3v) is 4.96. The van der Waals surface area contributed by atoms with Crippen LogP contribution in [0.5, 0.6) is 0 Å². The molecule has 1 saturated carbocycles. The Bertz CT molecular complexity index is 640. The van der Waals surface area contributed by atoms with Crippen LogP contribution in [0.4, 0.5) is 5.69 Å². The Morgan fingerprint density at radius 1 is 1.30 bits per heavy atom. The summed E-state index contributed by atoms with van der Waals surface area (Å²) in [5.74, 6) is 0.567.